The van der Waals surface area contributed by atoms with Crippen molar-refractivity contribution >= 4 is 49.2 Å². The van der Waals surface area contributed by atoms with E-state index in [-0.39, 0.29) is 0 Å². The standard InChI is InChI=1S/C51H35N5/c1-4-15-36(16-5-1)49-52-50(37-17-6-2-7-18-37)54-51(53-49)56-44-24-12-10-21-41(44)43-33-38(31-32-46(43)56)34-27-29-35(30-28-34)40-23-14-26-47-48(40)42-22-11-13-25-45(42)55(47)39-19-8-3-9-20-39/h1-6,8-17,19-33H,7,18H2. The molecule has 5 nitrogen and oxygen atoms in total. The monoisotopic (exact) mass is 717 g/mol. The molecule has 0 saturated carbocycles. The fourth-order valence-electron chi connectivity index (χ4n) is 8.44. The summed E-state index contributed by atoms with van der Waals surface area (Å²) in [6.07, 6.45) is 8.29. The molecule has 3 heterocycles. The molecule has 264 valence electrons. The maximum absolute atomic E-state index is 5.14. The molecule has 0 radical (unpaired) electrons. The van der Waals surface area contributed by atoms with Gasteiger partial charge in [0.15, 0.2) is 11.6 Å². The summed E-state index contributed by atoms with van der Waals surface area (Å²) in [6, 6.07) is 60.5. The van der Waals surface area contributed by atoms with Gasteiger partial charge in [0.2, 0.25) is 5.95 Å². The van der Waals surface area contributed by atoms with Crippen LogP contribution >= 0.6 is 0 Å². The molecule has 5 heteroatoms. The molecule has 0 bridgehead atoms. The molecule has 0 spiro atoms. The minimum Gasteiger partial charge on any atom is -0.309 e. The molecule has 7 aromatic carbocycles. The third kappa shape index (κ3) is 5.28. The summed E-state index contributed by atoms with van der Waals surface area (Å²) in [5.74, 6) is 2.01. The number of nitrogens with zero attached hydrogens (tertiary/aromatic N) is 5. The molecule has 0 saturated heterocycles. The number of benzene rings is 7. The van der Waals surface area contributed by atoms with E-state index < -0.39 is 0 Å². The second-order valence-corrected chi connectivity index (χ2v) is 14.4. The van der Waals surface area contributed by atoms with Gasteiger partial charge in [-0.05, 0) is 83.1 Å². The first kappa shape index (κ1) is 32.1. The SMILES string of the molecule is C1=CCCC(c2nc(-c3ccccc3)nc(-n3c4ccccc4c4cc(-c5ccc(-c6cccc7c6c6ccccc6n7-c6ccccc6)cc5)ccc43)n2)=C1. The predicted octanol–water partition coefficient (Wildman–Crippen LogP) is 12.8. The van der Waals surface area contributed by atoms with Crippen LogP contribution in [0.2, 0.25) is 0 Å². The second kappa shape index (κ2) is 13.2. The van der Waals surface area contributed by atoms with E-state index in [1.54, 1.807) is 0 Å². The van der Waals surface area contributed by atoms with Crippen LogP contribution in [0, 0.1) is 0 Å². The van der Waals surface area contributed by atoms with Crippen molar-refractivity contribution in [1.82, 2.24) is 24.1 Å². The highest BCUT2D eigenvalue weighted by molar-refractivity contribution is 6.16. The Balaban J connectivity index is 1.03. The van der Waals surface area contributed by atoms with Crippen LogP contribution in [-0.4, -0.2) is 24.1 Å². The maximum Gasteiger partial charge on any atom is 0.238 e. The van der Waals surface area contributed by atoms with Crippen molar-refractivity contribution in [3.63, 3.8) is 0 Å². The Morgan fingerprint density at radius 2 is 1.07 bits per heavy atom. The van der Waals surface area contributed by atoms with Crippen LogP contribution in [0.25, 0.3) is 94.5 Å². The number of hydrogen-bond acceptors (Lipinski definition) is 3. The van der Waals surface area contributed by atoms with E-state index in [1.807, 2.05) is 18.2 Å². The molecule has 1 aliphatic rings. The van der Waals surface area contributed by atoms with Crippen LogP contribution in [0.5, 0.6) is 0 Å². The molecule has 0 N–H and O–H groups in total. The highest BCUT2D eigenvalue weighted by atomic mass is 15.2. The first-order valence-electron chi connectivity index (χ1n) is 19.2. The Labute approximate surface area is 324 Å². The zero-order valence-corrected chi connectivity index (χ0v) is 30.5. The lowest BCUT2D eigenvalue weighted by molar-refractivity contribution is 0.913. The molecule has 0 atom stereocenters. The highest BCUT2D eigenvalue weighted by Crippen LogP contribution is 2.40. The first-order chi connectivity index (χ1) is 27.8. The molecular weight excluding hydrogens is 683 g/mol. The molecule has 11 rings (SSSR count). The van der Waals surface area contributed by atoms with Crippen molar-refractivity contribution in [3.8, 4) is 45.3 Å². The van der Waals surface area contributed by atoms with E-state index in [2.05, 4.69) is 179 Å². The van der Waals surface area contributed by atoms with Gasteiger partial charge in [-0.1, -0.05) is 146 Å². The first-order valence-corrected chi connectivity index (χ1v) is 19.2. The number of fused-ring (bicyclic) bond motifs is 6. The van der Waals surface area contributed by atoms with Crippen LogP contribution in [0.4, 0.5) is 0 Å². The van der Waals surface area contributed by atoms with Crippen LogP contribution in [0.1, 0.15) is 18.7 Å². The van der Waals surface area contributed by atoms with Crippen LogP contribution in [-0.2, 0) is 0 Å². The van der Waals surface area contributed by atoms with Crippen LogP contribution < -0.4 is 0 Å². The van der Waals surface area contributed by atoms with Gasteiger partial charge < -0.3 is 4.57 Å². The number of hydrogen-bond donors (Lipinski definition) is 0. The van der Waals surface area contributed by atoms with Crippen molar-refractivity contribution in [2.75, 3.05) is 0 Å². The summed E-state index contributed by atoms with van der Waals surface area (Å²) in [6.45, 7) is 0. The van der Waals surface area contributed by atoms with E-state index in [0.29, 0.717) is 11.8 Å². The normalized spacial score (nSPS) is 12.9. The number of aromatic nitrogens is 5. The van der Waals surface area contributed by atoms with Gasteiger partial charge in [-0.25, -0.2) is 4.98 Å². The van der Waals surface area contributed by atoms with E-state index in [4.69, 9.17) is 15.0 Å². The topological polar surface area (TPSA) is 48.5 Å². The molecule has 0 fully saturated rings. The van der Waals surface area contributed by atoms with E-state index in [1.165, 1.54) is 32.9 Å². The van der Waals surface area contributed by atoms with Gasteiger partial charge in [0.05, 0.1) is 22.1 Å². The van der Waals surface area contributed by atoms with Crippen molar-refractivity contribution in [2.24, 2.45) is 0 Å². The molecule has 10 aromatic rings. The fraction of sp³-hybridized carbons (Fsp3) is 0.0392. The van der Waals surface area contributed by atoms with Crippen molar-refractivity contribution in [1.29, 1.82) is 0 Å². The van der Waals surface area contributed by atoms with Crippen molar-refractivity contribution < 1.29 is 0 Å². The largest absolute Gasteiger partial charge is 0.309 e. The Hall–Kier alpha value is -7.37. The van der Waals surface area contributed by atoms with Gasteiger partial charge in [0.1, 0.15) is 0 Å². The lowest BCUT2D eigenvalue weighted by Gasteiger charge is -2.13. The summed E-state index contributed by atoms with van der Waals surface area (Å²) in [5.41, 5.74) is 12.5. The minimum absolute atomic E-state index is 0.621. The second-order valence-electron chi connectivity index (χ2n) is 14.4. The van der Waals surface area contributed by atoms with Gasteiger partial charge in [-0.3, -0.25) is 4.57 Å². The molecule has 3 aromatic heterocycles. The molecule has 0 unspecified atom stereocenters. The zero-order valence-electron chi connectivity index (χ0n) is 30.5. The Kier molecular flexibility index (Phi) is 7.56. The van der Waals surface area contributed by atoms with Gasteiger partial charge in [-0.15, -0.1) is 0 Å². The lowest BCUT2D eigenvalue weighted by atomic mass is 9.96. The number of rotatable bonds is 6. The van der Waals surface area contributed by atoms with Gasteiger partial charge >= 0.3 is 0 Å². The highest BCUT2D eigenvalue weighted by Gasteiger charge is 2.20. The van der Waals surface area contributed by atoms with Crippen molar-refractivity contribution in [2.45, 2.75) is 12.8 Å². The lowest BCUT2D eigenvalue weighted by Crippen LogP contribution is -2.08. The maximum atomic E-state index is 5.14. The number of para-hydroxylation sites is 3. The summed E-state index contributed by atoms with van der Waals surface area (Å²) in [4.78, 5) is 15.2. The molecule has 56 heavy (non-hydrogen) atoms. The summed E-state index contributed by atoms with van der Waals surface area (Å²) >= 11 is 0. The Bertz CT molecular complexity index is 3170. The van der Waals surface area contributed by atoms with Gasteiger partial charge in [0.25, 0.3) is 0 Å². The van der Waals surface area contributed by atoms with Crippen LogP contribution in [0.15, 0.2) is 188 Å². The average Bonchev–Trinajstić information content (AvgIpc) is 3.80. The van der Waals surface area contributed by atoms with Gasteiger partial charge in [-0.2, -0.15) is 9.97 Å². The van der Waals surface area contributed by atoms with Crippen molar-refractivity contribution in [3.05, 3.63) is 194 Å². The quantitative estimate of drug-likeness (QED) is 0.172. The third-order valence-electron chi connectivity index (χ3n) is 11.1. The Morgan fingerprint density at radius 3 is 1.86 bits per heavy atom. The molecule has 0 aliphatic heterocycles. The van der Waals surface area contributed by atoms with Crippen LogP contribution in [0.3, 0.4) is 0 Å². The summed E-state index contributed by atoms with van der Waals surface area (Å²) < 4.78 is 4.57. The fourth-order valence-corrected chi connectivity index (χ4v) is 8.44. The van der Waals surface area contributed by atoms with E-state index >= 15 is 0 Å². The Morgan fingerprint density at radius 1 is 0.429 bits per heavy atom. The summed E-state index contributed by atoms with van der Waals surface area (Å²) in [7, 11) is 0. The molecular formula is C51H35N5. The average molecular weight is 718 g/mol. The number of allylic oxidation sites excluding steroid dienone is 4. The predicted molar refractivity (Wildman–Crippen MR) is 231 cm³/mol. The van der Waals surface area contributed by atoms with E-state index in [0.717, 1.165) is 68.4 Å². The smallest absolute Gasteiger partial charge is 0.238 e. The minimum atomic E-state index is 0.621. The molecule has 0 amide bonds. The van der Waals surface area contributed by atoms with E-state index in [9.17, 15) is 0 Å². The third-order valence-corrected chi connectivity index (χ3v) is 11.1. The molecule has 1 aliphatic carbocycles. The zero-order chi connectivity index (χ0) is 37.0. The summed E-state index contributed by atoms with van der Waals surface area (Å²) in [5, 5.41) is 4.83. The van der Waals surface area contributed by atoms with Gasteiger partial charge in [0, 0.05) is 32.8 Å².